The SMILES string of the molecule is CC1CCCC(NC(=O)CN2CCN(C(=O)CNC(=O)CN)CC2)C1. The summed E-state index contributed by atoms with van der Waals surface area (Å²) < 4.78 is 0. The molecule has 1 aliphatic carbocycles. The quantitative estimate of drug-likeness (QED) is 0.562. The van der Waals surface area contributed by atoms with E-state index < -0.39 is 0 Å². The monoisotopic (exact) mass is 353 g/mol. The average molecular weight is 353 g/mol. The van der Waals surface area contributed by atoms with E-state index in [0.29, 0.717) is 44.7 Å². The van der Waals surface area contributed by atoms with E-state index in [4.69, 9.17) is 5.73 Å². The van der Waals surface area contributed by atoms with Crippen LogP contribution < -0.4 is 16.4 Å². The Bertz CT molecular complexity index is 477. The van der Waals surface area contributed by atoms with Gasteiger partial charge in [-0.05, 0) is 18.8 Å². The molecule has 4 N–H and O–H groups in total. The Kier molecular flexibility index (Phi) is 7.64. The molecule has 0 bridgehead atoms. The summed E-state index contributed by atoms with van der Waals surface area (Å²) in [6.45, 7) is 4.99. The van der Waals surface area contributed by atoms with Gasteiger partial charge >= 0.3 is 0 Å². The molecular weight excluding hydrogens is 322 g/mol. The molecule has 2 unspecified atom stereocenters. The minimum absolute atomic E-state index is 0.0175. The van der Waals surface area contributed by atoms with Crippen molar-refractivity contribution in [1.82, 2.24) is 20.4 Å². The fourth-order valence-electron chi connectivity index (χ4n) is 3.56. The topological polar surface area (TPSA) is 108 Å². The van der Waals surface area contributed by atoms with Gasteiger partial charge in [-0.2, -0.15) is 0 Å². The maximum Gasteiger partial charge on any atom is 0.242 e. The average Bonchev–Trinajstić information content (AvgIpc) is 2.59. The van der Waals surface area contributed by atoms with Gasteiger partial charge < -0.3 is 21.3 Å². The Balaban J connectivity index is 1.65. The molecule has 3 amide bonds. The zero-order chi connectivity index (χ0) is 18.2. The third kappa shape index (κ3) is 6.62. The van der Waals surface area contributed by atoms with E-state index in [2.05, 4.69) is 22.5 Å². The number of rotatable bonds is 6. The van der Waals surface area contributed by atoms with Gasteiger partial charge in [0, 0.05) is 32.2 Å². The van der Waals surface area contributed by atoms with Crippen molar-refractivity contribution >= 4 is 17.7 Å². The maximum atomic E-state index is 12.2. The van der Waals surface area contributed by atoms with Crippen molar-refractivity contribution < 1.29 is 14.4 Å². The molecule has 8 nitrogen and oxygen atoms in total. The molecule has 1 saturated heterocycles. The van der Waals surface area contributed by atoms with E-state index >= 15 is 0 Å². The molecule has 0 aromatic carbocycles. The van der Waals surface area contributed by atoms with Crippen LogP contribution in [-0.4, -0.2) is 79.4 Å². The number of hydrogen-bond donors (Lipinski definition) is 3. The third-order valence-electron chi connectivity index (χ3n) is 5.02. The lowest BCUT2D eigenvalue weighted by atomic mass is 9.87. The standard InChI is InChI=1S/C17H31N5O3/c1-13-3-2-4-14(9-13)20-16(24)12-21-5-7-22(8-6-21)17(25)11-19-15(23)10-18/h13-14H,2-12,18H2,1H3,(H,19,23)(H,20,24). The predicted octanol–water partition coefficient (Wildman–Crippen LogP) is -1.10. The van der Waals surface area contributed by atoms with E-state index in [1.54, 1.807) is 4.90 Å². The first-order valence-corrected chi connectivity index (χ1v) is 9.24. The van der Waals surface area contributed by atoms with Crippen molar-refractivity contribution in [3.63, 3.8) is 0 Å². The van der Waals surface area contributed by atoms with Crippen molar-refractivity contribution in [2.45, 2.75) is 38.6 Å². The first-order chi connectivity index (χ1) is 12.0. The van der Waals surface area contributed by atoms with Crippen molar-refractivity contribution in [1.29, 1.82) is 0 Å². The Morgan fingerprint density at radius 3 is 2.44 bits per heavy atom. The van der Waals surface area contributed by atoms with Crippen LogP contribution in [0.4, 0.5) is 0 Å². The highest BCUT2D eigenvalue weighted by atomic mass is 16.2. The van der Waals surface area contributed by atoms with E-state index in [1.165, 1.54) is 12.8 Å². The van der Waals surface area contributed by atoms with Crippen LogP contribution in [0.25, 0.3) is 0 Å². The molecule has 0 aromatic rings. The third-order valence-corrected chi connectivity index (χ3v) is 5.02. The minimum atomic E-state index is -0.333. The van der Waals surface area contributed by atoms with Crippen molar-refractivity contribution in [2.75, 3.05) is 45.8 Å². The van der Waals surface area contributed by atoms with Crippen molar-refractivity contribution in [2.24, 2.45) is 11.7 Å². The molecule has 8 heteroatoms. The lowest BCUT2D eigenvalue weighted by Gasteiger charge is -2.35. The van der Waals surface area contributed by atoms with Crippen molar-refractivity contribution in [3.8, 4) is 0 Å². The van der Waals surface area contributed by atoms with Gasteiger partial charge in [-0.1, -0.05) is 19.8 Å². The van der Waals surface area contributed by atoms with E-state index in [1.807, 2.05) is 0 Å². The fraction of sp³-hybridized carbons (Fsp3) is 0.824. The molecule has 1 heterocycles. The molecule has 2 rings (SSSR count). The summed E-state index contributed by atoms with van der Waals surface area (Å²) >= 11 is 0. The second-order valence-corrected chi connectivity index (χ2v) is 7.17. The van der Waals surface area contributed by atoms with Crippen LogP contribution in [0.15, 0.2) is 0 Å². The molecule has 0 radical (unpaired) electrons. The van der Waals surface area contributed by atoms with Crippen LogP contribution in [0.1, 0.15) is 32.6 Å². The van der Waals surface area contributed by atoms with Gasteiger partial charge in [-0.3, -0.25) is 19.3 Å². The van der Waals surface area contributed by atoms with Crippen LogP contribution in [0.2, 0.25) is 0 Å². The maximum absolute atomic E-state index is 12.2. The first-order valence-electron chi connectivity index (χ1n) is 9.24. The smallest absolute Gasteiger partial charge is 0.242 e. The van der Waals surface area contributed by atoms with Gasteiger partial charge in [0.15, 0.2) is 0 Å². The fourth-order valence-corrected chi connectivity index (χ4v) is 3.56. The normalized spacial score (nSPS) is 24.6. The number of amides is 3. The second kappa shape index (κ2) is 9.72. The lowest BCUT2D eigenvalue weighted by molar-refractivity contribution is -0.134. The molecule has 142 valence electrons. The Labute approximate surface area is 149 Å². The van der Waals surface area contributed by atoms with E-state index in [-0.39, 0.29) is 30.8 Å². The molecular formula is C17H31N5O3. The molecule has 1 aliphatic heterocycles. The second-order valence-electron chi connectivity index (χ2n) is 7.17. The van der Waals surface area contributed by atoms with Crippen molar-refractivity contribution in [3.05, 3.63) is 0 Å². The summed E-state index contributed by atoms with van der Waals surface area (Å²) in [5, 5.41) is 5.64. The minimum Gasteiger partial charge on any atom is -0.352 e. The van der Waals surface area contributed by atoms with Gasteiger partial charge in [-0.25, -0.2) is 0 Å². The van der Waals surface area contributed by atoms with Gasteiger partial charge in [-0.15, -0.1) is 0 Å². The van der Waals surface area contributed by atoms with Crippen LogP contribution in [0, 0.1) is 5.92 Å². The Hall–Kier alpha value is -1.67. The molecule has 1 saturated carbocycles. The summed E-state index contributed by atoms with van der Waals surface area (Å²) in [4.78, 5) is 39.1. The summed E-state index contributed by atoms with van der Waals surface area (Å²) in [6, 6.07) is 0.310. The number of nitrogens with two attached hydrogens (primary N) is 1. The number of nitrogens with one attached hydrogen (secondary N) is 2. The largest absolute Gasteiger partial charge is 0.352 e. The lowest BCUT2D eigenvalue weighted by Crippen LogP contribution is -2.53. The number of carbonyl (C=O) groups excluding carboxylic acids is 3. The highest BCUT2D eigenvalue weighted by Gasteiger charge is 2.24. The zero-order valence-electron chi connectivity index (χ0n) is 15.1. The summed E-state index contributed by atoms with van der Waals surface area (Å²) in [7, 11) is 0. The molecule has 2 aliphatic rings. The Morgan fingerprint density at radius 1 is 1.08 bits per heavy atom. The van der Waals surface area contributed by atoms with Crippen LogP contribution in [-0.2, 0) is 14.4 Å². The highest BCUT2D eigenvalue weighted by Crippen LogP contribution is 2.23. The van der Waals surface area contributed by atoms with Crippen LogP contribution >= 0.6 is 0 Å². The van der Waals surface area contributed by atoms with Gasteiger partial charge in [0.1, 0.15) is 0 Å². The van der Waals surface area contributed by atoms with Crippen LogP contribution in [0.5, 0.6) is 0 Å². The first kappa shape index (κ1) is 19.7. The highest BCUT2D eigenvalue weighted by molar-refractivity contribution is 5.85. The number of piperazine rings is 1. The van der Waals surface area contributed by atoms with E-state index in [9.17, 15) is 14.4 Å². The summed E-state index contributed by atoms with van der Waals surface area (Å²) in [5.41, 5.74) is 5.19. The molecule has 0 spiro atoms. The Morgan fingerprint density at radius 2 is 1.80 bits per heavy atom. The summed E-state index contributed by atoms with van der Waals surface area (Å²) in [6.07, 6.45) is 4.59. The van der Waals surface area contributed by atoms with E-state index in [0.717, 1.165) is 12.8 Å². The molecule has 2 atom stereocenters. The van der Waals surface area contributed by atoms with Crippen LogP contribution in [0.3, 0.4) is 0 Å². The van der Waals surface area contributed by atoms with Gasteiger partial charge in [0.25, 0.3) is 0 Å². The zero-order valence-corrected chi connectivity index (χ0v) is 15.1. The molecule has 2 fully saturated rings. The molecule has 0 aromatic heterocycles. The molecule has 25 heavy (non-hydrogen) atoms. The number of hydrogen-bond acceptors (Lipinski definition) is 5. The number of carbonyl (C=O) groups is 3. The number of nitrogens with zero attached hydrogens (tertiary/aromatic N) is 2. The predicted molar refractivity (Wildman–Crippen MR) is 94.6 cm³/mol. The van der Waals surface area contributed by atoms with Gasteiger partial charge in [0.2, 0.25) is 17.7 Å². The van der Waals surface area contributed by atoms with Gasteiger partial charge in [0.05, 0.1) is 19.6 Å². The summed E-state index contributed by atoms with van der Waals surface area (Å²) in [5.74, 6) is 0.324.